The van der Waals surface area contributed by atoms with E-state index < -0.39 is 0 Å². The average molecular weight is 379 g/mol. The fourth-order valence-corrected chi connectivity index (χ4v) is 6.91. The van der Waals surface area contributed by atoms with Gasteiger partial charge in [0.25, 0.3) is 0 Å². The van der Waals surface area contributed by atoms with Crippen molar-refractivity contribution in [3.63, 3.8) is 0 Å². The van der Waals surface area contributed by atoms with Crippen LogP contribution in [0.5, 0.6) is 0 Å². The van der Waals surface area contributed by atoms with Crippen molar-refractivity contribution in [3.05, 3.63) is 0 Å². The maximum absolute atomic E-state index is 2.30. The van der Waals surface area contributed by atoms with Gasteiger partial charge in [0.1, 0.15) is 0 Å². The Kier molecular flexibility index (Phi) is 17.2. The van der Waals surface area contributed by atoms with Crippen molar-refractivity contribution >= 4 is 29.2 Å². The van der Waals surface area contributed by atoms with E-state index in [1.807, 2.05) is 0 Å². The Morgan fingerprint density at radius 3 is 1.28 bits per heavy atom. The number of thiol groups is 1. The Morgan fingerprint density at radius 1 is 0.556 bits per heavy atom. The molecule has 0 saturated carbocycles. The molecule has 0 aliphatic rings. The summed E-state index contributed by atoms with van der Waals surface area (Å²) in [6, 6.07) is 0. The molecule has 0 aromatic rings. The maximum atomic E-state index is 2.30. The van der Waals surface area contributed by atoms with Gasteiger partial charge in [-0.25, -0.2) is 0 Å². The topological polar surface area (TPSA) is 0 Å². The monoisotopic (exact) mass is 380 g/mol. The van der Waals surface area contributed by atoms with Crippen molar-refractivity contribution in [1.29, 1.82) is 0 Å². The van der Waals surface area contributed by atoms with E-state index in [4.69, 9.17) is 0 Å². The van der Waals surface area contributed by atoms with Gasteiger partial charge in [0.05, 0.1) is 0 Å². The Balaban J connectivity index is 3.10. The van der Waals surface area contributed by atoms with Crippen molar-refractivity contribution in [1.82, 2.24) is 0 Å². The first-order valence-electron chi connectivity index (χ1n) is 8.30. The molecule has 0 spiro atoms. The third-order valence-electron chi connectivity index (χ3n) is 3.60. The van der Waals surface area contributed by atoms with Gasteiger partial charge >= 0.3 is 132 Å². The predicted octanol–water partition coefficient (Wildman–Crippen LogP) is 5.52. The fourth-order valence-electron chi connectivity index (χ4n) is 2.30. The van der Waals surface area contributed by atoms with E-state index >= 15 is 0 Å². The first-order chi connectivity index (χ1) is 8.81. The van der Waals surface area contributed by atoms with Gasteiger partial charge in [0.2, 0.25) is 0 Å². The molecular weight excluding hydrogens is 343 g/mol. The van der Waals surface area contributed by atoms with Crippen LogP contribution in [-0.2, 0) is 0 Å². The van der Waals surface area contributed by atoms with Crippen LogP contribution in [0.3, 0.4) is 0 Å². The van der Waals surface area contributed by atoms with Crippen molar-refractivity contribution in [2.24, 2.45) is 0 Å². The van der Waals surface area contributed by atoms with Crippen LogP contribution in [0.25, 0.3) is 0 Å². The van der Waals surface area contributed by atoms with Gasteiger partial charge in [-0.1, -0.05) is 0 Å². The number of rotatable bonds is 14. The zero-order valence-corrected chi connectivity index (χ0v) is 17.1. The molecule has 0 heterocycles. The second kappa shape index (κ2) is 16.2. The van der Waals surface area contributed by atoms with Crippen LogP contribution in [0.2, 0.25) is 0 Å². The number of unbranched alkanes of at least 4 members (excludes halogenated alkanes) is 10. The molecule has 0 aromatic carbocycles. The first-order valence-corrected chi connectivity index (χ1v) is 14.5. The van der Waals surface area contributed by atoms with Gasteiger partial charge in [-0.15, -0.1) is 0 Å². The molecule has 0 nitrogen and oxygen atoms in total. The van der Waals surface area contributed by atoms with Crippen molar-refractivity contribution < 1.29 is 0 Å². The van der Waals surface area contributed by atoms with Crippen LogP contribution in [0.4, 0.5) is 0 Å². The van der Waals surface area contributed by atoms with Gasteiger partial charge in [-0.3, -0.25) is 0 Å². The van der Waals surface area contributed by atoms with E-state index in [0.29, 0.717) is 8.08 Å². The average Bonchev–Trinajstić information content (AvgIpc) is 2.38. The molecule has 0 aromatic heterocycles. The SMILES string of the molecule is CCCCCCCC[SH]([SnH])CCCCCCCC. The van der Waals surface area contributed by atoms with Crippen LogP contribution in [-0.4, -0.2) is 32.6 Å². The molecule has 0 aliphatic heterocycles. The van der Waals surface area contributed by atoms with E-state index in [9.17, 15) is 0 Å². The Hall–Kier alpha value is 1.15. The Bertz CT molecular complexity index is 134. The summed E-state index contributed by atoms with van der Waals surface area (Å²) in [5, 5.41) is 0. The summed E-state index contributed by atoms with van der Waals surface area (Å²) >= 11 is 1.56. The summed E-state index contributed by atoms with van der Waals surface area (Å²) in [5.41, 5.74) is 0. The molecule has 0 N–H and O–H groups in total. The summed E-state index contributed by atoms with van der Waals surface area (Å²) in [6.07, 6.45) is 17.7. The third kappa shape index (κ3) is 15.2. The third-order valence-corrected chi connectivity index (χ3v) is 9.80. The van der Waals surface area contributed by atoms with Crippen LogP contribution >= 0.6 is 8.08 Å². The molecule has 0 amide bonds. The molecular formula is C16H36SSn. The first kappa shape index (κ1) is 19.1. The van der Waals surface area contributed by atoms with Gasteiger partial charge in [0, 0.05) is 0 Å². The van der Waals surface area contributed by atoms with E-state index in [0.717, 1.165) is 0 Å². The molecule has 2 radical (unpaired) electrons. The van der Waals surface area contributed by atoms with Crippen LogP contribution in [0.1, 0.15) is 90.9 Å². The van der Waals surface area contributed by atoms with E-state index in [-0.39, 0.29) is 0 Å². The minimum absolute atomic E-state index is 0.500. The van der Waals surface area contributed by atoms with Crippen LogP contribution in [0, 0.1) is 0 Å². The zero-order chi connectivity index (χ0) is 13.5. The van der Waals surface area contributed by atoms with Gasteiger partial charge in [-0.2, -0.15) is 0 Å². The number of hydrogen-bond acceptors (Lipinski definition) is 0. The minimum atomic E-state index is 0.500. The van der Waals surface area contributed by atoms with Gasteiger partial charge in [0.15, 0.2) is 0 Å². The predicted molar refractivity (Wildman–Crippen MR) is 92.6 cm³/mol. The molecule has 2 heteroatoms. The van der Waals surface area contributed by atoms with E-state index in [1.54, 1.807) is 32.6 Å². The van der Waals surface area contributed by atoms with Crippen molar-refractivity contribution in [2.45, 2.75) is 90.9 Å². The molecule has 0 saturated heterocycles. The summed E-state index contributed by atoms with van der Waals surface area (Å²) in [6.45, 7) is 4.61. The molecule has 0 aliphatic carbocycles. The van der Waals surface area contributed by atoms with Crippen molar-refractivity contribution in [2.75, 3.05) is 11.5 Å². The summed E-state index contributed by atoms with van der Waals surface area (Å²) in [7, 11) is 0.500. The summed E-state index contributed by atoms with van der Waals surface area (Å²) in [5.74, 6) is 3.19. The molecule has 0 fully saturated rings. The normalized spacial score (nSPS) is 11.8. The second-order valence-electron chi connectivity index (χ2n) is 5.57. The van der Waals surface area contributed by atoms with Crippen molar-refractivity contribution in [3.8, 4) is 0 Å². The second-order valence-corrected chi connectivity index (χ2v) is 13.9. The fraction of sp³-hybridized carbons (Fsp3) is 1.00. The van der Waals surface area contributed by atoms with E-state index in [2.05, 4.69) is 13.8 Å². The Morgan fingerprint density at radius 2 is 0.889 bits per heavy atom. The van der Waals surface area contributed by atoms with Gasteiger partial charge in [-0.05, 0) is 0 Å². The summed E-state index contributed by atoms with van der Waals surface area (Å²) in [4.78, 5) is 0. The van der Waals surface area contributed by atoms with Gasteiger partial charge < -0.3 is 0 Å². The Labute approximate surface area is 131 Å². The molecule has 0 bridgehead atoms. The quantitative estimate of drug-likeness (QED) is 0.229. The standard InChI is InChI=1S/C16H34S.Sn.H/c1-3-5-7-9-11-13-15-17-16-14-12-10-8-6-4-2;;/h3-16H2,1-2H3;;/q;-1;/p+1. The summed E-state index contributed by atoms with van der Waals surface area (Å²) < 4.78 is 0. The molecule has 0 rings (SSSR count). The zero-order valence-electron chi connectivity index (χ0n) is 12.9. The van der Waals surface area contributed by atoms with E-state index in [1.165, 1.54) is 77.0 Å². The molecule has 0 atom stereocenters. The molecule has 0 unspecified atom stereocenters. The molecule has 18 heavy (non-hydrogen) atoms. The molecule has 110 valence electrons. The number of hydrogen-bond donors (Lipinski definition) is 1. The van der Waals surface area contributed by atoms with Crippen LogP contribution in [0.15, 0.2) is 0 Å². The van der Waals surface area contributed by atoms with Crippen LogP contribution < -0.4 is 0 Å².